The molecule has 0 radical (unpaired) electrons. The van der Waals surface area contributed by atoms with Gasteiger partial charge in [-0.05, 0) is 42.3 Å². The first-order valence-corrected chi connectivity index (χ1v) is 13.2. The van der Waals surface area contributed by atoms with Crippen LogP contribution in [0.15, 0.2) is 30.5 Å². The number of hydrogen-bond acceptors (Lipinski definition) is 7. The minimum absolute atomic E-state index is 0.0872. The van der Waals surface area contributed by atoms with Crippen molar-refractivity contribution >= 4 is 23.4 Å². The molecule has 0 atom stereocenters. The highest BCUT2D eigenvalue weighted by atomic mass is 35.5. The van der Waals surface area contributed by atoms with Crippen LogP contribution in [0.3, 0.4) is 0 Å². The van der Waals surface area contributed by atoms with Crippen LogP contribution in [0.5, 0.6) is 0 Å². The highest BCUT2D eigenvalue weighted by Gasteiger charge is 2.62. The van der Waals surface area contributed by atoms with Gasteiger partial charge in [-0.25, -0.2) is 9.37 Å². The Hall–Kier alpha value is -2.96. The molecule has 3 fully saturated rings. The lowest BCUT2D eigenvalue weighted by molar-refractivity contribution is -0.300. The van der Waals surface area contributed by atoms with E-state index in [1.54, 1.807) is 19.1 Å². The molecule has 0 unspecified atom stereocenters. The van der Waals surface area contributed by atoms with Crippen molar-refractivity contribution in [1.82, 2.24) is 24.6 Å². The standard InChI is InChI=1S/C26H26ClF4N7O/c1-15-4-21(32-8-19(15)28)36-11-24(12-36)13-37(14-24)23-34-33-22-10-35(18-6-25(39,7-18)26(29,30)31)9-16-5-17(27)2-3-20(16)38(22)23/h2-5,8,18,39H,6-7,9-14H2,1H3. The van der Waals surface area contributed by atoms with Crippen LogP contribution >= 0.6 is 11.6 Å². The van der Waals surface area contributed by atoms with E-state index in [1.165, 1.54) is 6.20 Å². The van der Waals surface area contributed by atoms with Crippen molar-refractivity contribution in [3.63, 3.8) is 0 Å². The van der Waals surface area contributed by atoms with Gasteiger partial charge < -0.3 is 14.9 Å². The Kier molecular flexibility index (Phi) is 5.31. The molecule has 1 aliphatic carbocycles. The number of pyridine rings is 1. The number of nitrogens with zero attached hydrogens (tertiary/aromatic N) is 7. The van der Waals surface area contributed by atoms with Crippen LogP contribution < -0.4 is 9.80 Å². The second kappa shape index (κ2) is 8.28. The van der Waals surface area contributed by atoms with Crippen LogP contribution in [0.25, 0.3) is 5.69 Å². The molecule has 3 aliphatic heterocycles. The van der Waals surface area contributed by atoms with Crippen molar-refractivity contribution in [3.05, 3.63) is 58.3 Å². The van der Waals surface area contributed by atoms with Crippen LogP contribution in [0.2, 0.25) is 5.02 Å². The molecule has 39 heavy (non-hydrogen) atoms. The third-order valence-corrected chi connectivity index (χ3v) is 8.88. The Labute approximate surface area is 226 Å². The van der Waals surface area contributed by atoms with E-state index in [0.717, 1.165) is 43.2 Å². The summed E-state index contributed by atoms with van der Waals surface area (Å²) in [7, 11) is 0. The van der Waals surface area contributed by atoms with E-state index in [1.807, 2.05) is 21.6 Å². The summed E-state index contributed by atoms with van der Waals surface area (Å²) in [6.07, 6.45) is -4.14. The Morgan fingerprint density at radius 3 is 2.44 bits per heavy atom. The SMILES string of the molecule is Cc1cc(N2CC3(C2)CN(c2nnc4n2-c2ccc(Cl)cc2CN(C2CC(O)(C(F)(F)F)C2)C4)C3)ncc1F. The number of fused-ring (bicyclic) bond motifs is 3. The van der Waals surface area contributed by atoms with Gasteiger partial charge in [-0.3, -0.25) is 9.47 Å². The maximum Gasteiger partial charge on any atom is 0.417 e. The van der Waals surface area contributed by atoms with Crippen molar-refractivity contribution in [1.29, 1.82) is 0 Å². The van der Waals surface area contributed by atoms with Crippen molar-refractivity contribution in [3.8, 4) is 5.69 Å². The van der Waals surface area contributed by atoms with Crippen LogP contribution in [0.4, 0.5) is 29.3 Å². The molecular weight excluding hydrogens is 538 g/mol. The largest absolute Gasteiger partial charge is 0.417 e. The minimum atomic E-state index is -4.65. The maximum absolute atomic E-state index is 13.6. The van der Waals surface area contributed by atoms with Gasteiger partial charge in [-0.2, -0.15) is 13.2 Å². The number of hydrogen-bond donors (Lipinski definition) is 1. The summed E-state index contributed by atoms with van der Waals surface area (Å²) in [5.41, 5.74) is -0.272. The zero-order valence-electron chi connectivity index (χ0n) is 21.1. The second-order valence-corrected chi connectivity index (χ2v) is 12.0. The van der Waals surface area contributed by atoms with Gasteiger partial charge in [0.05, 0.1) is 18.4 Å². The molecule has 8 nitrogen and oxygen atoms in total. The molecule has 0 amide bonds. The number of halogens is 5. The van der Waals surface area contributed by atoms with E-state index in [9.17, 15) is 22.7 Å². The smallest absolute Gasteiger partial charge is 0.380 e. The van der Waals surface area contributed by atoms with Gasteiger partial charge in [0.2, 0.25) is 5.95 Å². The second-order valence-electron chi connectivity index (χ2n) is 11.5. The van der Waals surface area contributed by atoms with E-state index in [-0.39, 0.29) is 24.1 Å². The zero-order valence-corrected chi connectivity index (χ0v) is 21.8. The monoisotopic (exact) mass is 563 g/mol. The molecule has 1 spiro atoms. The number of alkyl halides is 3. The average Bonchev–Trinajstić information content (AvgIpc) is 3.11. The summed E-state index contributed by atoms with van der Waals surface area (Å²) < 4.78 is 55.5. The molecule has 1 N–H and O–H groups in total. The highest BCUT2D eigenvalue weighted by Crippen LogP contribution is 2.49. The third-order valence-electron chi connectivity index (χ3n) is 8.65. The Balaban J connectivity index is 1.11. The van der Waals surface area contributed by atoms with E-state index in [0.29, 0.717) is 35.4 Å². The number of aromatic nitrogens is 4. The molecule has 2 saturated heterocycles. The molecule has 3 aromatic rings. The van der Waals surface area contributed by atoms with Gasteiger partial charge in [-0.15, -0.1) is 10.2 Å². The Morgan fingerprint density at radius 2 is 1.74 bits per heavy atom. The fourth-order valence-electron chi connectivity index (χ4n) is 6.41. The fraction of sp³-hybridized carbons (Fsp3) is 0.500. The van der Waals surface area contributed by atoms with Gasteiger partial charge in [0.15, 0.2) is 11.4 Å². The van der Waals surface area contributed by atoms with E-state index < -0.39 is 17.8 Å². The van der Waals surface area contributed by atoms with Crippen LogP contribution in [0.1, 0.15) is 29.8 Å². The molecular formula is C26H26ClF4N7O. The summed E-state index contributed by atoms with van der Waals surface area (Å²) >= 11 is 6.31. The molecule has 0 bridgehead atoms. The molecule has 5 heterocycles. The van der Waals surface area contributed by atoms with E-state index in [2.05, 4.69) is 25.0 Å². The first kappa shape index (κ1) is 25.0. The third kappa shape index (κ3) is 3.90. The summed E-state index contributed by atoms with van der Waals surface area (Å²) in [5, 5.41) is 19.5. The van der Waals surface area contributed by atoms with Gasteiger partial charge in [0.25, 0.3) is 0 Å². The van der Waals surface area contributed by atoms with Gasteiger partial charge >= 0.3 is 6.18 Å². The predicted octanol–water partition coefficient (Wildman–Crippen LogP) is 3.86. The zero-order chi connectivity index (χ0) is 27.3. The summed E-state index contributed by atoms with van der Waals surface area (Å²) in [6, 6.07) is 6.84. The molecule has 1 aromatic carbocycles. The maximum atomic E-state index is 13.6. The van der Waals surface area contributed by atoms with Gasteiger partial charge in [0, 0.05) is 62.0 Å². The number of benzene rings is 1. The lowest BCUT2D eigenvalue weighted by atomic mass is 9.73. The average molecular weight is 564 g/mol. The number of rotatable bonds is 3. The van der Waals surface area contributed by atoms with E-state index >= 15 is 0 Å². The first-order valence-electron chi connectivity index (χ1n) is 12.8. The quantitative estimate of drug-likeness (QED) is 0.485. The molecule has 1 saturated carbocycles. The van der Waals surface area contributed by atoms with Crippen molar-refractivity contribution in [2.75, 3.05) is 36.0 Å². The molecule has 7 rings (SSSR count). The van der Waals surface area contributed by atoms with E-state index in [4.69, 9.17) is 11.6 Å². The van der Waals surface area contributed by atoms with Crippen molar-refractivity contribution < 1.29 is 22.7 Å². The number of aliphatic hydroxyl groups is 1. The molecule has 206 valence electrons. The first-order chi connectivity index (χ1) is 18.4. The number of anilines is 2. The van der Waals surface area contributed by atoms with Crippen LogP contribution in [-0.4, -0.2) is 73.8 Å². The number of aryl methyl sites for hydroxylation is 1. The Morgan fingerprint density at radius 1 is 1.03 bits per heavy atom. The van der Waals surface area contributed by atoms with Crippen LogP contribution in [-0.2, 0) is 13.1 Å². The topological polar surface area (TPSA) is 73.6 Å². The van der Waals surface area contributed by atoms with Gasteiger partial charge in [-0.1, -0.05) is 11.6 Å². The summed E-state index contributed by atoms with van der Waals surface area (Å²) in [4.78, 5) is 10.5. The molecule has 2 aromatic heterocycles. The molecule has 4 aliphatic rings. The normalized spacial score (nSPS) is 25.9. The molecule has 13 heteroatoms. The summed E-state index contributed by atoms with van der Waals surface area (Å²) in [5.74, 6) is 1.78. The highest BCUT2D eigenvalue weighted by molar-refractivity contribution is 6.30. The van der Waals surface area contributed by atoms with Crippen molar-refractivity contribution in [2.24, 2.45) is 5.41 Å². The Bertz CT molecular complexity index is 1460. The van der Waals surface area contributed by atoms with Gasteiger partial charge in [0.1, 0.15) is 11.6 Å². The minimum Gasteiger partial charge on any atom is -0.380 e. The lowest BCUT2D eigenvalue weighted by Gasteiger charge is -2.60. The van der Waals surface area contributed by atoms with Crippen LogP contribution in [0, 0.1) is 18.2 Å². The predicted molar refractivity (Wildman–Crippen MR) is 135 cm³/mol. The van der Waals surface area contributed by atoms with Crippen molar-refractivity contribution in [2.45, 2.75) is 50.7 Å². The fourth-order valence-corrected chi connectivity index (χ4v) is 6.61. The lowest BCUT2D eigenvalue weighted by Crippen LogP contribution is -2.73. The summed E-state index contributed by atoms with van der Waals surface area (Å²) in [6.45, 7) is 5.59.